The molecule has 0 bridgehead atoms. The molecule has 1 unspecified atom stereocenters. The van der Waals surface area contributed by atoms with Crippen molar-refractivity contribution < 1.29 is 17.9 Å². The SMILES string of the molecule is COc1cccc(Br)c1OCC(C)CS(N)(=O)=O. The zero-order valence-electron chi connectivity index (χ0n) is 10.2. The molecule has 0 radical (unpaired) electrons. The summed E-state index contributed by atoms with van der Waals surface area (Å²) in [5.74, 6) is 0.838. The van der Waals surface area contributed by atoms with Crippen LogP contribution in [0.5, 0.6) is 11.5 Å². The minimum absolute atomic E-state index is 0.111. The van der Waals surface area contributed by atoms with Crippen molar-refractivity contribution in [3.63, 3.8) is 0 Å². The first kappa shape index (κ1) is 15.3. The lowest BCUT2D eigenvalue weighted by Crippen LogP contribution is -2.25. The van der Waals surface area contributed by atoms with Crippen molar-refractivity contribution in [2.45, 2.75) is 6.92 Å². The van der Waals surface area contributed by atoms with Gasteiger partial charge in [0, 0.05) is 5.92 Å². The smallest absolute Gasteiger partial charge is 0.209 e. The zero-order chi connectivity index (χ0) is 13.8. The van der Waals surface area contributed by atoms with Gasteiger partial charge in [0.1, 0.15) is 0 Å². The summed E-state index contributed by atoms with van der Waals surface area (Å²) in [6, 6.07) is 5.41. The van der Waals surface area contributed by atoms with Gasteiger partial charge in [-0.1, -0.05) is 13.0 Å². The summed E-state index contributed by atoms with van der Waals surface area (Å²) in [4.78, 5) is 0. The van der Waals surface area contributed by atoms with Gasteiger partial charge in [-0.25, -0.2) is 13.6 Å². The van der Waals surface area contributed by atoms with Gasteiger partial charge in [0.15, 0.2) is 11.5 Å². The Morgan fingerprint density at radius 3 is 2.67 bits per heavy atom. The lowest BCUT2D eigenvalue weighted by Gasteiger charge is -2.15. The van der Waals surface area contributed by atoms with Crippen molar-refractivity contribution in [1.82, 2.24) is 0 Å². The monoisotopic (exact) mass is 337 g/mol. The number of hydrogen-bond acceptors (Lipinski definition) is 4. The summed E-state index contributed by atoms with van der Waals surface area (Å²) >= 11 is 3.35. The van der Waals surface area contributed by atoms with Crippen molar-refractivity contribution in [2.24, 2.45) is 11.1 Å². The van der Waals surface area contributed by atoms with Crippen LogP contribution in [0.4, 0.5) is 0 Å². The number of methoxy groups -OCH3 is 1. The molecule has 1 aromatic rings. The Morgan fingerprint density at radius 1 is 1.44 bits per heavy atom. The largest absolute Gasteiger partial charge is 0.493 e. The lowest BCUT2D eigenvalue weighted by atomic mass is 10.2. The fourth-order valence-corrected chi connectivity index (χ4v) is 2.81. The summed E-state index contributed by atoms with van der Waals surface area (Å²) in [5.41, 5.74) is 0. The molecule has 0 aromatic heterocycles. The van der Waals surface area contributed by atoms with Crippen molar-refractivity contribution >= 4 is 26.0 Å². The summed E-state index contributed by atoms with van der Waals surface area (Å²) in [6.45, 7) is 2.00. The van der Waals surface area contributed by atoms with E-state index in [1.165, 1.54) is 0 Å². The normalized spacial score (nSPS) is 13.1. The van der Waals surface area contributed by atoms with Crippen LogP contribution >= 0.6 is 15.9 Å². The fourth-order valence-electron chi connectivity index (χ4n) is 1.46. The molecule has 0 aliphatic rings. The fraction of sp³-hybridized carbons (Fsp3) is 0.455. The van der Waals surface area contributed by atoms with Crippen molar-refractivity contribution in [3.05, 3.63) is 22.7 Å². The van der Waals surface area contributed by atoms with Gasteiger partial charge >= 0.3 is 0 Å². The van der Waals surface area contributed by atoms with Crippen LogP contribution in [0.3, 0.4) is 0 Å². The molecule has 0 saturated heterocycles. The van der Waals surface area contributed by atoms with Gasteiger partial charge < -0.3 is 9.47 Å². The van der Waals surface area contributed by atoms with Crippen LogP contribution < -0.4 is 14.6 Å². The van der Waals surface area contributed by atoms with Crippen molar-refractivity contribution in [2.75, 3.05) is 19.5 Å². The Labute approximate surface area is 115 Å². The van der Waals surface area contributed by atoms with Gasteiger partial charge in [0.25, 0.3) is 0 Å². The van der Waals surface area contributed by atoms with E-state index in [1.54, 1.807) is 20.1 Å². The van der Waals surface area contributed by atoms with Crippen molar-refractivity contribution in [1.29, 1.82) is 0 Å². The van der Waals surface area contributed by atoms with Crippen LogP contribution in [0.25, 0.3) is 0 Å². The predicted octanol–water partition coefficient (Wildman–Crippen LogP) is 1.76. The number of primary sulfonamides is 1. The molecule has 18 heavy (non-hydrogen) atoms. The van der Waals surface area contributed by atoms with Crippen LogP contribution in [0.1, 0.15) is 6.92 Å². The molecule has 0 aliphatic heterocycles. The zero-order valence-corrected chi connectivity index (χ0v) is 12.6. The van der Waals surface area contributed by atoms with E-state index >= 15 is 0 Å². The van der Waals surface area contributed by atoms with E-state index in [0.717, 1.165) is 4.47 Å². The van der Waals surface area contributed by atoms with Crippen LogP contribution in [0.2, 0.25) is 0 Å². The first-order chi connectivity index (χ1) is 8.33. The van der Waals surface area contributed by atoms with Crippen LogP contribution in [-0.4, -0.2) is 27.9 Å². The minimum Gasteiger partial charge on any atom is -0.493 e. The summed E-state index contributed by atoms with van der Waals surface area (Å²) in [6.07, 6.45) is 0. The molecular formula is C11H16BrNO4S. The Kier molecular flexibility index (Phi) is 5.43. The highest BCUT2D eigenvalue weighted by Gasteiger charge is 2.14. The molecule has 1 aromatic carbocycles. The number of para-hydroxylation sites is 1. The van der Waals surface area contributed by atoms with Gasteiger partial charge in [0.05, 0.1) is 23.9 Å². The molecule has 0 saturated carbocycles. The maximum Gasteiger partial charge on any atom is 0.209 e. The average molecular weight is 338 g/mol. The van der Waals surface area contributed by atoms with Crippen LogP contribution in [-0.2, 0) is 10.0 Å². The second kappa shape index (κ2) is 6.40. The number of halogens is 1. The molecule has 0 spiro atoms. The van der Waals surface area contributed by atoms with E-state index in [0.29, 0.717) is 11.5 Å². The van der Waals surface area contributed by atoms with Gasteiger partial charge in [-0.2, -0.15) is 0 Å². The summed E-state index contributed by atoms with van der Waals surface area (Å²) < 4.78 is 33.4. The highest BCUT2D eigenvalue weighted by molar-refractivity contribution is 9.10. The Hall–Kier alpha value is -0.790. The van der Waals surface area contributed by atoms with Crippen LogP contribution in [0.15, 0.2) is 22.7 Å². The third-order valence-electron chi connectivity index (χ3n) is 2.18. The molecule has 0 aliphatic carbocycles. The number of hydrogen-bond donors (Lipinski definition) is 1. The lowest BCUT2D eigenvalue weighted by molar-refractivity contribution is 0.256. The molecule has 5 nitrogen and oxygen atoms in total. The van der Waals surface area contributed by atoms with E-state index in [2.05, 4.69) is 15.9 Å². The highest BCUT2D eigenvalue weighted by atomic mass is 79.9. The molecule has 1 atom stereocenters. The second-order valence-corrected chi connectivity index (χ2v) is 6.53. The first-order valence-electron chi connectivity index (χ1n) is 5.29. The minimum atomic E-state index is -3.48. The summed E-state index contributed by atoms with van der Waals surface area (Å²) in [7, 11) is -1.93. The quantitative estimate of drug-likeness (QED) is 0.857. The number of sulfonamides is 1. The van der Waals surface area contributed by atoms with Gasteiger partial charge in [-0.3, -0.25) is 0 Å². The number of benzene rings is 1. The Bertz CT molecular complexity index is 504. The van der Waals surface area contributed by atoms with Crippen LogP contribution in [0, 0.1) is 5.92 Å². The third kappa shape index (κ3) is 4.83. The molecule has 2 N–H and O–H groups in total. The van der Waals surface area contributed by atoms with Gasteiger partial charge in [0.2, 0.25) is 10.0 Å². The van der Waals surface area contributed by atoms with E-state index in [9.17, 15) is 8.42 Å². The maximum absolute atomic E-state index is 10.9. The summed E-state index contributed by atoms with van der Waals surface area (Å²) in [5, 5.41) is 4.97. The standard InChI is InChI=1S/C11H16BrNO4S/c1-8(7-18(13,14)15)6-17-11-9(12)4-3-5-10(11)16-2/h3-5,8H,6-7H2,1-2H3,(H2,13,14,15). The number of nitrogens with two attached hydrogens (primary N) is 1. The highest BCUT2D eigenvalue weighted by Crippen LogP contribution is 2.35. The number of rotatable bonds is 6. The molecule has 7 heteroatoms. The Morgan fingerprint density at radius 2 is 2.11 bits per heavy atom. The van der Waals surface area contributed by atoms with E-state index in [1.807, 2.05) is 12.1 Å². The molecule has 1 rings (SSSR count). The topological polar surface area (TPSA) is 78.6 Å². The first-order valence-corrected chi connectivity index (χ1v) is 7.80. The Balaban J connectivity index is 2.69. The average Bonchev–Trinajstić information content (AvgIpc) is 2.24. The molecular weight excluding hydrogens is 322 g/mol. The second-order valence-electron chi connectivity index (χ2n) is 4.02. The number of ether oxygens (including phenoxy) is 2. The molecule has 0 fully saturated rings. The third-order valence-corrected chi connectivity index (χ3v) is 3.84. The van der Waals surface area contributed by atoms with E-state index in [4.69, 9.17) is 14.6 Å². The molecule has 102 valence electrons. The van der Waals surface area contributed by atoms with Crippen molar-refractivity contribution in [3.8, 4) is 11.5 Å². The van der Waals surface area contributed by atoms with Gasteiger partial charge in [-0.05, 0) is 28.1 Å². The molecule has 0 heterocycles. The van der Waals surface area contributed by atoms with E-state index in [-0.39, 0.29) is 18.3 Å². The van der Waals surface area contributed by atoms with Gasteiger partial charge in [-0.15, -0.1) is 0 Å². The molecule has 0 amide bonds. The van der Waals surface area contributed by atoms with E-state index < -0.39 is 10.0 Å². The predicted molar refractivity (Wildman–Crippen MR) is 73.3 cm³/mol. The maximum atomic E-state index is 10.9.